The van der Waals surface area contributed by atoms with Crippen molar-refractivity contribution < 1.29 is 0 Å². The van der Waals surface area contributed by atoms with Crippen molar-refractivity contribution in [1.82, 2.24) is 15.2 Å². The number of hydrogen-bond acceptors (Lipinski definition) is 3. The molecule has 0 radical (unpaired) electrons. The fourth-order valence-corrected chi connectivity index (χ4v) is 2.98. The van der Waals surface area contributed by atoms with Crippen LogP contribution in [0.2, 0.25) is 0 Å². The zero-order valence-electron chi connectivity index (χ0n) is 12.5. The molecule has 0 aromatic carbocycles. The lowest BCUT2D eigenvalue weighted by Crippen LogP contribution is -2.53. The van der Waals surface area contributed by atoms with E-state index in [1.54, 1.807) is 0 Å². The van der Waals surface area contributed by atoms with Gasteiger partial charge in [0.15, 0.2) is 0 Å². The minimum absolute atomic E-state index is 0.616. The van der Waals surface area contributed by atoms with Gasteiger partial charge in [0.1, 0.15) is 0 Å². The van der Waals surface area contributed by atoms with Crippen LogP contribution in [0, 0.1) is 5.92 Å². The molecule has 19 heavy (non-hydrogen) atoms. The van der Waals surface area contributed by atoms with Crippen LogP contribution in [0.1, 0.15) is 39.3 Å². The lowest BCUT2D eigenvalue weighted by atomic mass is 9.87. The number of nitrogens with one attached hydrogen (secondary N) is 1. The Morgan fingerprint density at radius 2 is 2.21 bits per heavy atom. The van der Waals surface area contributed by atoms with Gasteiger partial charge in [0.25, 0.3) is 0 Å². The molecule has 0 aliphatic carbocycles. The van der Waals surface area contributed by atoms with Crippen molar-refractivity contribution in [2.45, 2.75) is 52.2 Å². The van der Waals surface area contributed by atoms with Crippen LogP contribution in [0.5, 0.6) is 0 Å². The van der Waals surface area contributed by atoms with Crippen molar-refractivity contribution in [2.24, 2.45) is 5.92 Å². The van der Waals surface area contributed by atoms with E-state index in [9.17, 15) is 0 Å². The van der Waals surface area contributed by atoms with Gasteiger partial charge in [-0.1, -0.05) is 19.9 Å². The first-order valence-corrected chi connectivity index (χ1v) is 7.59. The number of nitrogens with zero attached hydrogens (tertiary/aromatic N) is 2. The van der Waals surface area contributed by atoms with Gasteiger partial charge in [-0.15, -0.1) is 0 Å². The average Bonchev–Trinajstić information content (AvgIpc) is 2.44. The molecule has 0 bridgehead atoms. The monoisotopic (exact) mass is 261 g/mol. The molecule has 3 nitrogen and oxygen atoms in total. The molecule has 1 aliphatic heterocycles. The summed E-state index contributed by atoms with van der Waals surface area (Å²) in [6.07, 6.45) is 4.35. The van der Waals surface area contributed by atoms with Gasteiger partial charge in [0, 0.05) is 31.4 Å². The smallest absolute Gasteiger partial charge is 0.0544 e. The second-order valence-corrected chi connectivity index (χ2v) is 5.74. The topological polar surface area (TPSA) is 28.2 Å². The van der Waals surface area contributed by atoms with E-state index in [-0.39, 0.29) is 0 Å². The van der Waals surface area contributed by atoms with Gasteiger partial charge in [0.05, 0.1) is 5.69 Å². The predicted molar refractivity (Wildman–Crippen MR) is 80.0 cm³/mol. The van der Waals surface area contributed by atoms with Crippen molar-refractivity contribution >= 4 is 0 Å². The molecule has 0 spiro atoms. The van der Waals surface area contributed by atoms with Crippen LogP contribution in [-0.4, -0.2) is 35.1 Å². The Morgan fingerprint density at radius 3 is 2.89 bits per heavy atom. The summed E-state index contributed by atoms with van der Waals surface area (Å²) >= 11 is 0. The van der Waals surface area contributed by atoms with E-state index in [0.717, 1.165) is 13.1 Å². The third-order valence-corrected chi connectivity index (χ3v) is 4.45. The van der Waals surface area contributed by atoms with E-state index < -0.39 is 0 Å². The molecule has 1 aromatic rings. The molecule has 1 N–H and O–H groups in total. The van der Waals surface area contributed by atoms with E-state index in [0.29, 0.717) is 18.0 Å². The molecule has 1 saturated heterocycles. The van der Waals surface area contributed by atoms with Crippen molar-refractivity contribution in [3.05, 3.63) is 30.1 Å². The second kappa shape index (κ2) is 7.01. The Hall–Kier alpha value is -0.930. The number of rotatable bonds is 5. The van der Waals surface area contributed by atoms with E-state index in [4.69, 9.17) is 0 Å². The molecule has 3 unspecified atom stereocenters. The summed E-state index contributed by atoms with van der Waals surface area (Å²) in [5.74, 6) is 0.698. The highest BCUT2D eigenvalue weighted by Crippen LogP contribution is 2.24. The largest absolute Gasteiger partial charge is 0.314 e. The maximum absolute atomic E-state index is 4.44. The average molecular weight is 261 g/mol. The number of likely N-dealkylation sites (tertiary alicyclic amines) is 1. The van der Waals surface area contributed by atoms with Crippen LogP contribution in [0.15, 0.2) is 24.4 Å². The second-order valence-electron chi connectivity index (χ2n) is 5.74. The van der Waals surface area contributed by atoms with Crippen LogP contribution in [0.3, 0.4) is 0 Å². The molecule has 2 rings (SSSR count). The highest BCUT2D eigenvalue weighted by molar-refractivity contribution is 5.04. The van der Waals surface area contributed by atoms with Gasteiger partial charge >= 0.3 is 0 Å². The van der Waals surface area contributed by atoms with Crippen molar-refractivity contribution in [3.8, 4) is 0 Å². The standard InChI is InChI=1S/C16H27N3/c1-4-9-18-16-8-11-19(14(3)13(16)2)12-15-7-5-6-10-17-15/h5-7,10,13-14,16,18H,4,8-9,11-12H2,1-3H3. The Balaban J connectivity index is 1.91. The number of hydrogen-bond donors (Lipinski definition) is 1. The van der Waals surface area contributed by atoms with Gasteiger partial charge in [0.2, 0.25) is 0 Å². The highest BCUT2D eigenvalue weighted by Gasteiger charge is 2.31. The number of pyridine rings is 1. The van der Waals surface area contributed by atoms with Crippen molar-refractivity contribution in [2.75, 3.05) is 13.1 Å². The van der Waals surface area contributed by atoms with E-state index in [1.165, 1.54) is 25.1 Å². The Kier molecular flexibility index (Phi) is 5.34. The lowest BCUT2D eigenvalue weighted by molar-refractivity contribution is 0.0774. The van der Waals surface area contributed by atoms with Gasteiger partial charge in [-0.2, -0.15) is 0 Å². The Bertz CT molecular complexity index is 366. The molecule has 2 heterocycles. The van der Waals surface area contributed by atoms with Gasteiger partial charge in [-0.05, 0) is 44.4 Å². The third-order valence-electron chi connectivity index (χ3n) is 4.45. The quantitative estimate of drug-likeness (QED) is 0.883. The first-order valence-electron chi connectivity index (χ1n) is 7.59. The van der Waals surface area contributed by atoms with Gasteiger partial charge < -0.3 is 5.32 Å². The van der Waals surface area contributed by atoms with Crippen molar-refractivity contribution in [1.29, 1.82) is 0 Å². The fourth-order valence-electron chi connectivity index (χ4n) is 2.98. The maximum atomic E-state index is 4.44. The van der Waals surface area contributed by atoms with Gasteiger partial charge in [-0.3, -0.25) is 9.88 Å². The van der Waals surface area contributed by atoms with Crippen LogP contribution >= 0.6 is 0 Å². The first-order chi connectivity index (χ1) is 9.22. The maximum Gasteiger partial charge on any atom is 0.0544 e. The van der Waals surface area contributed by atoms with Gasteiger partial charge in [-0.25, -0.2) is 0 Å². The highest BCUT2D eigenvalue weighted by atomic mass is 15.2. The Morgan fingerprint density at radius 1 is 1.37 bits per heavy atom. The van der Waals surface area contributed by atoms with Crippen LogP contribution in [0.4, 0.5) is 0 Å². The van der Waals surface area contributed by atoms with Crippen LogP contribution in [0.25, 0.3) is 0 Å². The summed E-state index contributed by atoms with van der Waals surface area (Å²) in [6, 6.07) is 7.47. The summed E-state index contributed by atoms with van der Waals surface area (Å²) < 4.78 is 0. The zero-order valence-corrected chi connectivity index (χ0v) is 12.5. The molecule has 1 aliphatic rings. The molecule has 1 fully saturated rings. The summed E-state index contributed by atoms with van der Waals surface area (Å²) in [5, 5.41) is 3.69. The summed E-state index contributed by atoms with van der Waals surface area (Å²) in [4.78, 5) is 7.01. The molecule has 0 saturated carbocycles. The summed E-state index contributed by atoms with van der Waals surface area (Å²) in [5.41, 5.74) is 1.18. The minimum Gasteiger partial charge on any atom is -0.314 e. The first kappa shape index (κ1) is 14.5. The minimum atomic E-state index is 0.616. The Labute approximate surface area is 117 Å². The number of aromatic nitrogens is 1. The molecule has 0 amide bonds. The van der Waals surface area contributed by atoms with E-state index in [2.05, 4.69) is 48.1 Å². The summed E-state index contributed by atoms with van der Waals surface area (Å²) in [6.45, 7) is 10.3. The van der Waals surface area contributed by atoms with E-state index >= 15 is 0 Å². The lowest BCUT2D eigenvalue weighted by Gasteiger charge is -2.43. The summed E-state index contributed by atoms with van der Waals surface area (Å²) in [7, 11) is 0. The molecule has 1 aromatic heterocycles. The fraction of sp³-hybridized carbons (Fsp3) is 0.688. The van der Waals surface area contributed by atoms with Crippen LogP contribution in [-0.2, 0) is 6.54 Å². The van der Waals surface area contributed by atoms with Crippen molar-refractivity contribution in [3.63, 3.8) is 0 Å². The van der Waals surface area contributed by atoms with Crippen LogP contribution < -0.4 is 5.32 Å². The normalized spacial score (nSPS) is 28.5. The molecule has 3 atom stereocenters. The predicted octanol–water partition coefficient (Wildman–Crippen LogP) is 2.68. The molecular formula is C16H27N3. The molecule has 3 heteroatoms. The van der Waals surface area contributed by atoms with E-state index in [1.807, 2.05) is 12.3 Å². The SMILES string of the molecule is CCCNC1CCN(Cc2ccccn2)C(C)C1C. The number of piperidine rings is 1. The third kappa shape index (κ3) is 3.77. The molecule has 106 valence electrons. The molecular weight excluding hydrogens is 234 g/mol. The zero-order chi connectivity index (χ0) is 13.7.